The van der Waals surface area contributed by atoms with Gasteiger partial charge < -0.3 is 9.47 Å². The zero-order valence-electron chi connectivity index (χ0n) is 12.8. The first-order valence-corrected chi connectivity index (χ1v) is 7.19. The van der Waals surface area contributed by atoms with Crippen molar-refractivity contribution >= 4 is 0 Å². The number of ether oxygens (including phenoxy) is 2. The van der Waals surface area contributed by atoms with Crippen LogP contribution in [-0.4, -0.2) is 29.6 Å². The van der Waals surface area contributed by atoms with E-state index in [2.05, 4.69) is 24.4 Å². The lowest BCUT2D eigenvalue weighted by molar-refractivity contribution is -0.0844. The van der Waals surface area contributed by atoms with Gasteiger partial charge in [-0.1, -0.05) is 0 Å². The van der Waals surface area contributed by atoms with Crippen LogP contribution in [0.4, 0.5) is 0 Å². The number of hydrogen-bond acceptors (Lipinski definition) is 5. The summed E-state index contributed by atoms with van der Waals surface area (Å²) in [7, 11) is 3.44. The highest BCUT2D eigenvalue weighted by atomic mass is 16.5. The van der Waals surface area contributed by atoms with E-state index in [4.69, 9.17) is 15.3 Å². The maximum Gasteiger partial charge on any atom is 0.161 e. The van der Waals surface area contributed by atoms with Crippen LogP contribution in [0.2, 0.25) is 0 Å². The summed E-state index contributed by atoms with van der Waals surface area (Å²) in [5, 5.41) is 4.41. The second-order valence-corrected chi connectivity index (χ2v) is 5.80. The Labute approximate surface area is 120 Å². The molecule has 0 aliphatic heterocycles. The largest absolute Gasteiger partial charge is 0.493 e. The summed E-state index contributed by atoms with van der Waals surface area (Å²) in [6.07, 6.45) is 5.96. The fourth-order valence-corrected chi connectivity index (χ4v) is 2.93. The van der Waals surface area contributed by atoms with E-state index in [1.165, 1.54) is 6.42 Å². The van der Waals surface area contributed by atoms with Crippen LogP contribution in [0.5, 0.6) is 5.75 Å². The van der Waals surface area contributed by atoms with Crippen LogP contribution in [0.15, 0.2) is 6.20 Å². The third kappa shape index (κ3) is 2.68. The SMILES string of the molecule is COc1cnn(C(C)C)c1C(CC1(OC)CCC1)NN. The lowest BCUT2D eigenvalue weighted by Crippen LogP contribution is -2.44. The number of methoxy groups -OCH3 is 2. The van der Waals surface area contributed by atoms with Gasteiger partial charge in [-0.25, -0.2) is 0 Å². The number of aromatic nitrogens is 2. The quantitative estimate of drug-likeness (QED) is 0.590. The van der Waals surface area contributed by atoms with E-state index in [1.807, 2.05) is 4.68 Å². The Morgan fingerprint density at radius 3 is 2.55 bits per heavy atom. The van der Waals surface area contributed by atoms with Gasteiger partial charge in [-0.15, -0.1) is 0 Å². The number of nitrogens with one attached hydrogen (secondary N) is 1. The van der Waals surface area contributed by atoms with E-state index < -0.39 is 0 Å². The molecular weight excluding hydrogens is 256 g/mol. The molecule has 1 aliphatic carbocycles. The lowest BCUT2D eigenvalue weighted by atomic mass is 9.75. The molecule has 1 unspecified atom stereocenters. The summed E-state index contributed by atoms with van der Waals surface area (Å²) in [5.41, 5.74) is 3.84. The number of rotatable bonds is 7. The van der Waals surface area contributed by atoms with Gasteiger partial charge in [0.25, 0.3) is 0 Å². The van der Waals surface area contributed by atoms with Gasteiger partial charge in [0.1, 0.15) is 0 Å². The fraction of sp³-hybridized carbons (Fsp3) is 0.786. The minimum atomic E-state index is -0.0614. The predicted molar refractivity (Wildman–Crippen MR) is 77.4 cm³/mol. The van der Waals surface area contributed by atoms with Crippen LogP contribution in [0.25, 0.3) is 0 Å². The van der Waals surface area contributed by atoms with Crippen molar-refractivity contribution in [3.05, 3.63) is 11.9 Å². The minimum absolute atomic E-state index is 0.0323. The molecule has 0 radical (unpaired) electrons. The molecule has 20 heavy (non-hydrogen) atoms. The maximum atomic E-state index is 5.80. The van der Waals surface area contributed by atoms with Gasteiger partial charge in [-0.3, -0.25) is 16.0 Å². The average molecular weight is 282 g/mol. The molecule has 0 amide bonds. The molecule has 1 aromatic heterocycles. The molecular formula is C14H26N4O2. The predicted octanol–water partition coefficient (Wildman–Crippen LogP) is 1.94. The molecule has 0 spiro atoms. The standard InChI is InChI=1S/C14H26N4O2/c1-10(2)18-13(12(19-3)9-16-18)11(17-15)8-14(20-4)6-5-7-14/h9-11,17H,5-8,15H2,1-4H3. The van der Waals surface area contributed by atoms with Crippen molar-refractivity contribution < 1.29 is 9.47 Å². The van der Waals surface area contributed by atoms with Crippen LogP contribution in [0.3, 0.4) is 0 Å². The summed E-state index contributed by atoms with van der Waals surface area (Å²) < 4.78 is 13.1. The lowest BCUT2D eigenvalue weighted by Gasteiger charge is -2.42. The van der Waals surface area contributed by atoms with E-state index in [9.17, 15) is 0 Å². The number of hydrogen-bond donors (Lipinski definition) is 2. The zero-order valence-corrected chi connectivity index (χ0v) is 12.8. The first-order chi connectivity index (χ1) is 9.56. The topological polar surface area (TPSA) is 74.3 Å². The van der Waals surface area contributed by atoms with Gasteiger partial charge >= 0.3 is 0 Å². The van der Waals surface area contributed by atoms with E-state index in [-0.39, 0.29) is 17.7 Å². The molecule has 2 rings (SSSR count). The molecule has 1 aliphatic rings. The Morgan fingerprint density at radius 2 is 2.15 bits per heavy atom. The van der Waals surface area contributed by atoms with Gasteiger partial charge in [-0.2, -0.15) is 5.10 Å². The molecule has 1 atom stereocenters. The van der Waals surface area contributed by atoms with Crippen LogP contribution in [0, 0.1) is 0 Å². The summed E-state index contributed by atoms with van der Waals surface area (Å²) in [4.78, 5) is 0. The van der Waals surface area contributed by atoms with Crippen LogP contribution in [0.1, 0.15) is 57.3 Å². The summed E-state index contributed by atoms with van der Waals surface area (Å²) >= 11 is 0. The molecule has 0 bridgehead atoms. The molecule has 1 heterocycles. The molecule has 6 heteroatoms. The Morgan fingerprint density at radius 1 is 1.45 bits per heavy atom. The van der Waals surface area contributed by atoms with Crippen molar-refractivity contribution in [1.29, 1.82) is 0 Å². The number of nitrogens with zero attached hydrogens (tertiary/aromatic N) is 2. The van der Waals surface area contributed by atoms with Crippen molar-refractivity contribution in [2.24, 2.45) is 5.84 Å². The van der Waals surface area contributed by atoms with Gasteiger partial charge in [0.15, 0.2) is 5.75 Å². The van der Waals surface area contributed by atoms with Gasteiger partial charge in [0.05, 0.1) is 30.6 Å². The molecule has 0 saturated heterocycles. The van der Waals surface area contributed by atoms with Crippen molar-refractivity contribution in [1.82, 2.24) is 15.2 Å². The monoisotopic (exact) mass is 282 g/mol. The Bertz CT molecular complexity index is 435. The molecule has 3 N–H and O–H groups in total. The molecule has 1 aromatic rings. The van der Waals surface area contributed by atoms with Crippen LogP contribution >= 0.6 is 0 Å². The van der Waals surface area contributed by atoms with Crippen molar-refractivity contribution in [2.75, 3.05) is 14.2 Å². The van der Waals surface area contributed by atoms with E-state index >= 15 is 0 Å². The third-order valence-corrected chi connectivity index (χ3v) is 4.31. The van der Waals surface area contributed by atoms with E-state index in [0.717, 1.165) is 30.7 Å². The second-order valence-electron chi connectivity index (χ2n) is 5.80. The third-order valence-electron chi connectivity index (χ3n) is 4.31. The highest BCUT2D eigenvalue weighted by molar-refractivity contribution is 5.29. The maximum absolute atomic E-state index is 5.80. The molecule has 6 nitrogen and oxygen atoms in total. The molecule has 1 saturated carbocycles. The minimum Gasteiger partial charge on any atom is -0.493 e. The highest BCUT2D eigenvalue weighted by Gasteiger charge is 2.40. The first kappa shape index (κ1) is 15.3. The molecule has 0 aromatic carbocycles. The van der Waals surface area contributed by atoms with Gasteiger partial charge in [-0.05, 0) is 39.5 Å². The first-order valence-electron chi connectivity index (χ1n) is 7.19. The van der Waals surface area contributed by atoms with Gasteiger partial charge in [0, 0.05) is 13.2 Å². The smallest absolute Gasteiger partial charge is 0.161 e. The summed E-state index contributed by atoms with van der Waals surface area (Å²) in [5.74, 6) is 6.57. The Hall–Kier alpha value is -1.11. The normalized spacial score (nSPS) is 18.9. The van der Waals surface area contributed by atoms with E-state index in [0.29, 0.717) is 0 Å². The highest BCUT2D eigenvalue weighted by Crippen LogP contribution is 2.43. The zero-order chi connectivity index (χ0) is 14.8. The average Bonchev–Trinajstić information content (AvgIpc) is 2.82. The Balaban J connectivity index is 2.28. The molecule has 1 fully saturated rings. The molecule has 114 valence electrons. The van der Waals surface area contributed by atoms with E-state index in [1.54, 1.807) is 20.4 Å². The summed E-state index contributed by atoms with van der Waals surface area (Å²) in [6, 6.07) is 0.222. The fourth-order valence-electron chi connectivity index (χ4n) is 2.93. The summed E-state index contributed by atoms with van der Waals surface area (Å²) in [6.45, 7) is 4.19. The Kier molecular flexibility index (Phi) is 4.67. The van der Waals surface area contributed by atoms with Gasteiger partial charge in [0.2, 0.25) is 0 Å². The van der Waals surface area contributed by atoms with Crippen molar-refractivity contribution in [3.8, 4) is 5.75 Å². The number of nitrogens with two attached hydrogens (primary N) is 1. The number of hydrazine groups is 1. The van der Waals surface area contributed by atoms with Crippen LogP contribution in [-0.2, 0) is 4.74 Å². The van der Waals surface area contributed by atoms with Crippen molar-refractivity contribution in [2.45, 2.75) is 57.2 Å². The van der Waals surface area contributed by atoms with Crippen LogP contribution < -0.4 is 16.0 Å². The second kappa shape index (κ2) is 6.11. The van der Waals surface area contributed by atoms with Crippen molar-refractivity contribution in [3.63, 3.8) is 0 Å².